The largest absolute Gasteiger partial charge is 0.497 e. The quantitative estimate of drug-likeness (QED) is 0.764. The van der Waals surface area contributed by atoms with E-state index in [0.29, 0.717) is 0 Å². The summed E-state index contributed by atoms with van der Waals surface area (Å²) in [5.41, 5.74) is 15.2. The number of rotatable bonds is 6. The van der Waals surface area contributed by atoms with Crippen molar-refractivity contribution >= 4 is 0 Å². The third kappa shape index (κ3) is 3.39. The summed E-state index contributed by atoms with van der Waals surface area (Å²) >= 11 is 0. The Morgan fingerprint density at radius 1 is 1.00 bits per heavy atom. The molecule has 0 fully saturated rings. The van der Waals surface area contributed by atoms with Crippen LogP contribution in [0.15, 0.2) is 48.5 Å². The first-order valence-corrected chi connectivity index (χ1v) is 7.82. The average Bonchev–Trinajstić information content (AvgIpc) is 2.60. The maximum Gasteiger partial charge on any atom is 0.118 e. The van der Waals surface area contributed by atoms with Crippen LogP contribution in [0, 0.1) is 5.92 Å². The summed E-state index contributed by atoms with van der Waals surface area (Å²) in [6.45, 7) is 4.15. The molecule has 2 atom stereocenters. The van der Waals surface area contributed by atoms with Crippen molar-refractivity contribution in [3.8, 4) is 5.75 Å². The van der Waals surface area contributed by atoms with Gasteiger partial charge in [-0.25, -0.2) is 0 Å². The van der Waals surface area contributed by atoms with Gasteiger partial charge in [0.25, 0.3) is 0 Å². The van der Waals surface area contributed by atoms with Gasteiger partial charge < -0.3 is 21.3 Å². The Labute approximate surface area is 138 Å². The van der Waals surface area contributed by atoms with Crippen LogP contribution in [-0.4, -0.2) is 18.3 Å². The lowest BCUT2D eigenvalue weighted by molar-refractivity contribution is 0.281. The van der Waals surface area contributed by atoms with Crippen LogP contribution in [-0.2, 0) is 12.1 Å². The van der Waals surface area contributed by atoms with E-state index < -0.39 is 5.54 Å². The van der Waals surface area contributed by atoms with Gasteiger partial charge in [-0.3, -0.25) is 0 Å². The topological polar surface area (TPSA) is 81.5 Å². The smallest absolute Gasteiger partial charge is 0.118 e. The van der Waals surface area contributed by atoms with Crippen molar-refractivity contribution in [2.45, 2.75) is 32.0 Å². The molecule has 0 aromatic heterocycles. The Hall–Kier alpha value is -1.88. The molecule has 5 N–H and O–H groups in total. The maximum atomic E-state index is 9.23. The first-order valence-electron chi connectivity index (χ1n) is 7.82. The van der Waals surface area contributed by atoms with E-state index in [2.05, 4.69) is 13.8 Å². The molecule has 2 aromatic rings. The molecule has 0 saturated heterocycles. The highest BCUT2D eigenvalue weighted by Gasteiger charge is 2.38. The van der Waals surface area contributed by atoms with Gasteiger partial charge in [0.2, 0.25) is 0 Å². The van der Waals surface area contributed by atoms with Crippen molar-refractivity contribution in [3.05, 3.63) is 65.2 Å². The summed E-state index contributed by atoms with van der Waals surface area (Å²) in [6.07, 6.45) is 0. The van der Waals surface area contributed by atoms with E-state index in [1.54, 1.807) is 7.11 Å². The lowest BCUT2D eigenvalue weighted by Crippen LogP contribution is -2.55. The van der Waals surface area contributed by atoms with Crippen molar-refractivity contribution in [2.75, 3.05) is 7.11 Å². The maximum absolute atomic E-state index is 9.23. The Balaban J connectivity index is 2.53. The summed E-state index contributed by atoms with van der Waals surface area (Å²) in [6, 6.07) is 15.1. The van der Waals surface area contributed by atoms with Crippen molar-refractivity contribution in [1.29, 1.82) is 0 Å². The molecule has 0 heterocycles. The summed E-state index contributed by atoms with van der Waals surface area (Å²) in [5, 5.41) is 9.23. The fraction of sp³-hybridized carbons (Fsp3) is 0.368. The summed E-state index contributed by atoms with van der Waals surface area (Å²) in [4.78, 5) is 0. The number of hydrogen-bond donors (Lipinski definition) is 3. The number of nitrogens with two attached hydrogens (primary N) is 2. The van der Waals surface area contributed by atoms with E-state index in [4.69, 9.17) is 16.2 Å². The van der Waals surface area contributed by atoms with Crippen LogP contribution in [0.5, 0.6) is 5.75 Å². The van der Waals surface area contributed by atoms with E-state index in [-0.39, 0.29) is 18.6 Å². The lowest BCUT2D eigenvalue weighted by atomic mass is 9.74. The fourth-order valence-corrected chi connectivity index (χ4v) is 2.83. The molecular weight excluding hydrogens is 288 g/mol. The molecule has 4 heteroatoms. The van der Waals surface area contributed by atoms with Crippen LogP contribution < -0.4 is 16.2 Å². The second-order valence-electron chi connectivity index (χ2n) is 6.22. The molecule has 0 aliphatic rings. The Kier molecular flexibility index (Phi) is 5.42. The molecule has 2 aromatic carbocycles. The highest BCUT2D eigenvalue weighted by molar-refractivity contribution is 5.43. The minimum atomic E-state index is -0.811. The van der Waals surface area contributed by atoms with Gasteiger partial charge >= 0.3 is 0 Å². The van der Waals surface area contributed by atoms with E-state index >= 15 is 0 Å². The summed E-state index contributed by atoms with van der Waals surface area (Å²) in [5.74, 6) is 0.990. The lowest BCUT2D eigenvalue weighted by Gasteiger charge is -2.39. The zero-order chi connectivity index (χ0) is 17.0. The molecule has 0 bridgehead atoms. The molecule has 0 saturated carbocycles. The Morgan fingerprint density at radius 3 is 1.87 bits per heavy atom. The van der Waals surface area contributed by atoms with Gasteiger partial charge in [0.1, 0.15) is 5.75 Å². The molecule has 0 aliphatic carbocycles. The molecule has 0 spiro atoms. The van der Waals surface area contributed by atoms with Crippen molar-refractivity contribution < 1.29 is 9.84 Å². The molecular formula is C19H26N2O2. The summed E-state index contributed by atoms with van der Waals surface area (Å²) in [7, 11) is 1.64. The average molecular weight is 314 g/mol. The third-order valence-corrected chi connectivity index (χ3v) is 4.43. The number of methoxy groups -OCH3 is 1. The zero-order valence-electron chi connectivity index (χ0n) is 14.0. The van der Waals surface area contributed by atoms with Gasteiger partial charge in [-0.15, -0.1) is 0 Å². The third-order valence-electron chi connectivity index (χ3n) is 4.43. The molecule has 0 amide bonds. The van der Waals surface area contributed by atoms with Crippen LogP contribution in [0.2, 0.25) is 0 Å². The van der Waals surface area contributed by atoms with Crippen LogP contribution >= 0.6 is 0 Å². The Morgan fingerprint density at radius 2 is 1.48 bits per heavy atom. The van der Waals surface area contributed by atoms with E-state index in [1.165, 1.54) is 0 Å². The minimum absolute atomic E-state index is 0.0105. The molecule has 0 aliphatic heterocycles. The molecule has 23 heavy (non-hydrogen) atoms. The van der Waals surface area contributed by atoms with Gasteiger partial charge in [0.05, 0.1) is 19.3 Å². The van der Waals surface area contributed by atoms with Gasteiger partial charge in [-0.2, -0.15) is 0 Å². The number of benzene rings is 2. The van der Waals surface area contributed by atoms with Gasteiger partial charge in [0.15, 0.2) is 0 Å². The van der Waals surface area contributed by atoms with Gasteiger partial charge in [-0.1, -0.05) is 50.2 Å². The van der Waals surface area contributed by atoms with Crippen LogP contribution in [0.1, 0.15) is 30.5 Å². The van der Waals surface area contributed by atoms with Gasteiger partial charge in [-0.05, 0) is 34.7 Å². The second-order valence-corrected chi connectivity index (χ2v) is 6.22. The monoisotopic (exact) mass is 314 g/mol. The number of aliphatic hydroxyl groups excluding tert-OH is 1. The highest BCUT2D eigenvalue weighted by Crippen LogP contribution is 2.33. The zero-order valence-corrected chi connectivity index (χ0v) is 14.0. The van der Waals surface area contributed by atoms with Crippen LogP contribution in [0.4, 0.5) is 0 Å². The Bertz CT molecular complexity index is 573. The summed E-state index contributed by atoms with van der Waals surface area (Å²) < 4.78 is 5.23. The molecule has 124 valence electrons. The number of ether oxygens (including phenoxy) is 1. The van der Waals surface area contributed by atoms with Crippen LogP contribution in [0.25, 0.3) is 0 Å². The first kappa shape index (κ1) is 17.5. The predicted octanol–water partition coefficient (Wildman–Crippen LogP) is 2.37. The normalized spacial score (nSPS) is 15.3. The van der Waals surface area contributed by atoms with Crippen LogP contribution in [0.3, 0.4) is 0 Å². The van der Waals surface area contributed by atoms with E-state index in [9.17, 15) is 5.11 Å². The van der Waals surface area contributed by atoms with Gasteiger partial charge in [0, 0.05) is 6.04 Å². The molecule has 4 nitrogen and oxygen atoms in total. The first-order chi connectivity index (χ1) is 10.9. The number of hydrogen-bond acceptors (Lipinski definition) is 4. The van der Waals surface area contributed by atoms with E-state index in [1.807, 2.05) is 48.5 Å². The molecule has 0 radical (unpaired) electrons. The molecule has 2 rings (SSSR count). The fourth-order valence-electron chi connectivity index (χ4n) is 2.83. The predicted molar refractivity (Wildman–Crippen MR) is 93.1 cm³/mol. The van der Waals surface area contributed by atoms with Crippen molar-refractivity contribution in [2.24, 2.45) is 17.4 Å². The van der Waals surface area contributed by atoms with Crippen molar-refractivity contribution in [1.82, 2.24) is 0 Å². The second kappa shape index (κ2) is 7.13. The standard InChI is InChI=1S/C19H26N2O2/c1-13(2)18(20)19(21,15-6-4-14(12-22)5-7-15)16-8-10-17(23-3)11-9-16/h4-11,13,18,22H,12,20-21H2,1-3H3/t18-,19?/m1/s1. The minimum Gasteiger partial charge on any atom is -0.497 e. The van der Waals surface area contributed by atoms with Crippen molar-refractivity contribution in [3.63, 3.8) is 0 Å². The molecule has 1 unspecified atom stereocenters. The highest BCUT2D eigenvalue weighted by atomic mass is 16.5. The number of aliphatic hydroxyl groups is 1. The van der Waals surface area contributed by atoms with E-state index in [0.717, 1.165) is 22.4 Å². The SMILES string of the molecule is COc1ccc(C(N)(c2ccc(CO)cc2)[C@H](N)C(C)C)cc1.